The van der Waals surface area contributed by atoms with Crippen LogP contribution in [0.1, 0.15) is 72.8 Å². The van der Waals surface area contributed by atoms with Crippen molar-refractivity contribution in [2.45, 2.75) is 65.2 Å². The second-order valence-electron chi connectivity index (χ2n) is 5.76. The lowest BCUT2D eigenvalue weighted by Gasteiger charge is -2.15. The predicted molar refractivity (Wildman–Crippen MR) is 116 cm³/mol. The zero-order valence-electron chi connectivity index (χ0n) is 26.0. The minimum atomic E-state index is -2.29. The molecule has 150 valence electrons. The Bertz CT molecular complexity index is 937. The zero-order chi connectivity index (χ0) is 29.3. The van der Waals surface area contributed by atoms with Crippen LogP contribution in [0.2, 0.25) is 0 Å². The molecule has 2 N–H and O–H groups in total. The highest BCUT2D eigenvalue weighted by molar-refractivity contribution is 5.73. The summed E-state index contributed by atoms with van der Waals surface area (Å²) >= 11 is 0. The molecule has 0 aliphatic carbocycles. The third kappa shape index (κ3) is 15.8. The Kier molecular flexibility index (Phi) is 7.35. The van der Waals surface area contributed by atoms with E-state index in [0.29, 0.717) is 0 Å². The molecule has 0 heterocycles. The van der Waals surface area contributed by atoms with E-state index in [1.807, 2.05) is 0 Å². The molecule has 0 spiro atoms. The lowest BCUT2D eigenvalue weighted by Crippen LogP contribution is -2.22. The lowest BCUT2D eigenvalue weighted by atomic mass is 9.89. The summed E-state index contributed by atoms with van der Waals surface area (Å²) in [6.45, 7) is 3.67. The molecule has 0 bridgehead atoms. The number of aliphatic carboxylic acids is 1. The van der Waals surface area contributed by atoms with Crippen molar-refractivity contribution in [3.05, 3.63) is 72.9 Å². The fourth-order valence-electron chi connectivity index (χ4n) is 1.39. The van der Waals surface area contributed by atoms with Gasteiger partial charge in [0.15, 0.2) is 0 Å². The summed E-state index contributed by atoms with van der Waals surface area (Å²) in [5.41, 5.74) is -1.76. The number of carboxylic acids is 1. The number of rotatable bonds is 14. The van der Waals surface area contributed by atoms with Gasteiger partial charge in [-0.3, -0.25) is 4.79 Å². The molecule has 0 fully saturated rings. The van der Waals surface area contributed by atoms with Gasteiger partial charge in [0.2, 0.25) is 0 Å². The van der Waals surface area contributed by atoms with Crippen molar-refractivity contribution in [1.82, 2.24) is 0 Å². The lowest BCUT2D eigenvalue weighted by molar-refractivity contribution is -0.146. The fraction of sp³-hybridized carbons (Fsp3) is 0.458. The Labute approximate surface area is 179 Å². The maximum atomic E-state index is 11.3. The first-order valence-corrected chi connectivity index (χ1v) is 8.48. The van der Waals surface area contributed by atoms with Crippen LogP contribution in [-0.4, -0.2) is 22.3 Å². The molecule has 0 radical (unpaired) electrons. The van der Waals surface area contributed by atoms with Gasteiger partial charge < -0.3 is 10.2 Å². The Morgan fingerprint density at radius 3 is 2.22 bits per heavy atom. The molecule has 0 rings (SSSR count). The number of hydrogen-bond acceptors (Lipinski definition) is 2. The highest BCUT2D eigenvalue weighted by Crippen LogP contribution is 2.20. The minimum absolute atomic E-state index is 0.167. The molecule has 27 heavy (non-hydrogen) atoms. The van der Waals surface area contributed by atoms with Crippen molar-refractivity contribution in [2.75, 3.05) is 0 Å². The van der Waals surface area contributed by atoms with Crippen molar-refractivity contribution >= 4 is 5.97 Å². The summed E-state index contributed by atoms with van der Waals surface area (Å²) in [7, 11) is 0. The van der Waals surface area contributed by atoms with E-state index in [2.05, 4.69) is 0 Å². The van der Waals surface area contributed by atoms with E-state index in [1.165, 1.54) is 57.2 Å². The predicted octanol–water partition coefficient (Wildman–Crippen LogP) is 6.16. The molecule has 0 aromatic rings. The van der Waals surface area contributed by atoms with Crippen LogP contribution < -0.4 is 0 Å². The van der Waals surface area contributed by atoms with Gasteiger partial charge in [-0.05, 0) is 52.1 Å². The fourth-order valence-corrected chi connectivity index (χ4v) is 1.39. The molecule has 3 nitrogen and oxygen atoms in total. The molecule has 1 atom stereocenters. The van der Waals surface area contributed by atoms with Crippen molar-refractivity contribution in [2.24, 2.45) is 5.41 Å². The van der Waals surface area contributed by atoms with Gasteiger partial charge in [0.25, 0.3) is 0 Å². The molecule has 0 aromatic carbocycles. The number of hydrogen-bond donors (Lipinski definition) is 2. The third-order valence-corrected chi connectivity index (χ3v) is 2.97. The molecule has 3 heteroatoms. The van der Waals surface area contributed by atoms with Crippen LogP contribution in [0.15, 0.2) is 72.9 Å². The van der Waals surface area contributed by atoms with Crippen LogP contribution in [-0.2, 0) is 4.79 Å². The highest BCUT2D eigenvalue weighted by atomic mass is 16.4. The number of carboxylic acid groups (broad SMARTS) is 1. The SMILES string of the molecule is [2H]C([2H])(C)/C=C\C([2H])([2H])C(O)/C=C/C=C\C([2H])([2H])/C=C\C/C=C\C([2H])([2H])/C=C\C([2H])([2H])C(C)(C)C(=O)O. The Hall–Kier alpha value is -2.13. The summed E-state index contributed by atoms with van der Waals surface area (Å²) in [6, 6.07) is 0. The van der Waals surface area contributed by atoms with Gasteiger partial charge in [0.05, 0.1) is 11.5 Å². The summed E-state index contributed by atoms with van der Waals surface area (Å²) in [6.07, 6.45) is 2.28. The molecule has 0 saturated heterocycles. The Balaban J connectivity index is 5.03. The van der Waals surface area contributed by atoms with Crippen LogP contribution in [0.5, 0.6) is 0 Å². The Morgan fingerprint density at radius 1 is 0.963 bits per heavy atom. The highest BCUT2D eigenvalue weighted by Gasteiger charge is 2.24. The van der Waals surface area contributed by atoms with Crippen molar-refractivity contribution in [3.63, 3.8) is 0 Å². The van der Waals surface area contributed by atoms with Gasteiger partial charge in [-0.25, -0.2) is 0 Å². The largest absolute Gasteiger partial charge is 0.481 e. The number of allylic oxidation sites excluding steroid dienone is 10. The first kappa shape index (κ1) is 12.4. The van der Waals surface area contributed by atoms with Gasteiger partial charge >= 0.3 is 5.97 Å². The molecule has 0 aliphatic heterocycles. The number of carbonyl (C=O) groups is 1. The van der Waals surface area contributed by atoms with Gasteiger partial charge in [-0.1, -0.05) is 79.8 Å². The van der Waals surface area contributed by atoms with E-state index in [1.54, 1.807) is 0 Å². The quantitative estimate of drug-likeness (QED) is 0.279. The molecule has 0 amide bonds. The standard InChI is InChI=1S/C24H36O3/c1-4-5-16-19-22(25)20-17-14-12-10-8-6-7-9-11-13-15-18-21-24(2,3)23(26)27/h5-6,8-9,11-12,14-18,20,22,25H,4,7,10,13,19,21H2,1-3H3,(H,26,27)/b8-6-,11-9-,14-12-,16-5-,18-15-,20-17+/i4D2,10D2,13D2,19D2,21D2. The number of aliphatic hydroxyl groups is 1. The molecule has 0 aromatic heterocycles. The molecular formula is C24H36O3. The maximum Gasteiger partial charge on any atom is 0.309 e. The average Bonchev–Trinajstić information content (AvgIpc) is 2.73. The van der Waals surface area contributed by atoms with Crippen molar-refractivity contribution < 1.29 is 28.7 Å². The van der Waals surface area contributed by atoms with E-state index in [-0.39, 0.29) is 6.42 Å². The smallest absolute Gasteiger partial charge is 0.309 e. The molecule has 0 aliphatic rings. The van der Waals surface area contributed by atoms with Crippen LogP contribution in [0.25, 0.3) is 0 Å². The summed E-state index contributed by atoms with van der Waals surface area (Å²) in [5.74, 6) is -1.35. The molecule has 0 saturated carbocycles. The van der Waals surface area contributed by atoms with Crippen LogP contribution in [0.4, 0.5) is 0 Å². The van der Waals surface area contributed by atoms with Crippen LogP contribution in [0, 0.1) is 5.41 Å². The van der Waals surface area contributed by atoms with E-state index in [0.717, 1.165) is 36.5 Å². The van der Waals surface area contributed by atoms with Crippen molar-refractivity contribution in [1.29, 1.82) is 0 Å². The average molecular weight is 383 g/mol. The van der Waals surface area contributed by atoms with E-state index >= 15 is 0 Å². The zero-order valence-corrected chi connectivity index (χ0v) is 16.0. The number of aliphatic hydroxyl groups excluding tert-OH is 1. The Morgan fingerprint density at radius 2 is 1.59 bits per heavy atom. The molecular weight excluding hydrogens is 336 g/mol. The molecule has 1 unspecified atom stereocenters. The minimum Gasteiger partial charge on any atom is -0.481 e. The third-order valence-electron chi connectivity index (χ3n) is 2.97. The normalized spacial score (nSPS) is 23.0. The van der Waals surface area contributed by atoms with Gasteiger partial charge in [-0.15, -0.1) is 0 Å². The van der Waals surface area contributed by atoms with Crippen LogP contribution >= 0.6 is 0 Å². The van der Waals surface area contributed by atoms with Crippen molar-refractivity contribution in [3.8, 4) is 0 Å². The van der Waals surface area contributed by atoms with E-state index < -0.39 is 49.4 Å². The monoisotopic (exact) mass is 382 g/mol. The van der Waals surface area contributed by atoms with E-state index in [4.69, 9.17) is 13.7 Å². The first-order valence-electron chi connectivity index (χ1n) is 13.5. The second kappa shape index (κ2) is 16.1. The summed E-state index contributed by atoms with van der Waals surface area (Å²) < 4.78 is 77.8. The van der Waals surface area contributed by atoms with Gasteiger partial charge in [0.1, 0.15) is 0 Å². The maximum absolute atomic E-state index is 11.3. The summed E-state index contributed by atoms with van der Waals surface area (Å²) in [4.78, 5) is 11.3. The van der Waals surface area contributed by atoms with Gasteiger partial charge in [-0.2, -0.15) is 0 Å². The van der Waals surface area contributed by atoms with E-state index in [9.17, 15) is 15.0 Å². The summed E-state index contributed by atoms with van der Waals surface area (Å²) in [5, 5.41) is 19.1. The van der Waals surface area contributed by atoms with Crippen LogP contribution in [0.3, 0.4) is 0 Å². The van der Waals surface area contributed by atoms with Gasteiger partial charge in [0, 0.05) is 13.7 Å². The topological polar surface area (TPSA) is 57.5 Å². The second-order valence-corrected chi connectivity index (χ2v) is 5.76. The first-order chi connectivity index (χ1) is 16.4.